The maximum Gasteiger partial charge on any atom is 0.335 e. The van der Waals surface area contributed by atoms with Crippen LogP contribution in [0.1, 0.15) is 213 Å². The van der Waals surface area contributed by atoms with Gasteiger partial charge in [0.25, 0.3) is 0 Å². The van der Waals surface area contributed by atoms with Crippen LogP contribution in [0, 0.1) is 0 Å². The van der Waals surface area contributed by atoms with E-state index in [9.17, 15) is 34.5 Å². The Labute approximate surface area is 489 Å². The summed E-state index contributed by atoms with van der Waals surface area (Å²) < 4.78 is 28.3. The largest absolute Gasteiger partial charge is 0.479 e. The number of esters is 3. The van der Waals surface area contributed by atoms with Crippen molar-refractivity contribution in [3.05, 3.63) is 146 Å². The summed E-state index contributed by atoms with van der Waals surface area (Å²) in [6.45, 7) is 5.66. The summed E-state index contributed by atoms with van der Waals surface area (Å²) in [6, 6.07) is 0. The monoisotopic (exact) mass is 1130 g/mol. The highest BCUT2D eigenvalue weighted by Gasteiger charge is 2.50. The first-order chi connectivity index (χ1) is 39.6. The molecule has 12 heteroatoms. The number of hydrogen-bond acceptors (Lipinski definition) is 11. The number of ether oxygens (including phenoxy) is 5. The van der Waals surface area contributed by atoms with Gasteiger partial charge < -0.3 is 39.0 Å². The SMILES string of the molecule is CC/C=C\C/C=C\C/C=C\C/C=C\C/C=C\C/C=C\CCC(=O)OC1C(OCC(COC(=O)CCCCCCCCC/C=C\C/C=C\CCCCC)OC(=O)CCCC/C=C\C/C=C\C/C=C\C/C=C\CC)OC(C(=O)O)C(O)C1O. The number of aliphatic hydroxyl groups is 2. The Hall–Kier alpha value is -5.40. The molecule has 6 atom stereocenters. The van der Waals surface area contributed by atoms with E-state index in [1.54, 1.807) is 0 Å². The summed E-state index contributed by atoms with van der Waals surface area (Å²) >= 11 is 0. The summed E-state index contributed by atoms with van der Waals surface area (Å²) in [5, 5.41) is 31.5. The molecule has 12 nitrogen and oxygen atoms in total. The molecule has 454 valence electrons. The number of carbonyl (C=O) groups is 4. The molecule has 1 rings (SSSR count). The second-order valence-electron chi connectivity index (χ2n) is 20.2. The number of aliphatic hydroxyl groups excluding tert-OH is 2. The average molecular weight is 1130 g/mol. The van der Waals surface area contributed by atoms with Gasteiger partial charge in [0.1, 0.15) is 18.8 Å². The van der Waals surface area contributed by atoms with Gasteiger partial charge in [0.2, 0.25) is 0 Å². The van der Waals surface area contributed by atoms with Gasteiger partial charge in [-0.1, -0.05) is 212 Å². The van der Waals surface area contributed by atoms with Crippen LogP contribution in [-0.2, 0) is 42.9 Å². The van der Waals surface area contributed by atoms with Crippen molar-refractivity contribution in [2.75, 3.05) is 13.2 Å². The molecule has 0 bridgehead atoms. The van der Waals surface area contributed by atoms with Gasteiger partial charge in [0, 0.05) is 19.3 Å². The summed E-state index contributed by atoms with van der Waals surface area (Å²) in [7, 11) is 0. The van der Waals surface area contributed by atoms with Crippen LogP contribution in [0.5, 0.6) is 0 Å². The van der Waals surface area contributed by atoms with Crippen LogP contribution in [0.3, 0.4) is 0 Å². The van der Waals surface area contributed by atoms with Crippen LogP contribution < -0.4 is 0 Å². The Morgan fingerprint density at radius 1 is 0.420 bits per heavy atom. The second kappa shape index (κ2) is 55.2. The van der Waals surface area contributed by atoms with Crippen molar-refractivity contribution in [2.45, 2.75) is 250 Å². The standard InChI is InChI=1S/C69H106O12/c1-4-7-10-13-16-19-22-25-28-30-31-33-36-39-42-45-48-51-54-57-63(72)80-67-65(74)64(73)66(68(75)76)81-69(67)78-59-60(79-62(71)56-53-50-47-44-41-38-34-27-24-21-18-15-12-9-6-3)58-77-61(70)55-52-49-46-43-40-37-35-32-29-26-23-20-17-14-11-8-5-2/h7,9-10,12,16-21,25-29,31,33-34,39,41-42,44,48,51,60,64-67,69,73-74H,4-6,8,11,13-15,22-24,30,32,35-38,40,43,45-47,49-50,52-59H2,1-3H3,(H,75,76)/b10-7-,12-9-,19-16-,20-17-,21-18-,28-25-,29-26-,33-31-,34-27-,42-39-,44-41-,51-48-. The smallest absolute Gasteiger partial charge is 0.335 e. The Morgan fingerprint density at radius 2 is 0.802 bits per heavy atom. The van der Waals surface area contributed by atoms with Crippen LogP contribution in [-0.4, -0.2) is 89.2 Å². The van der Waals surface area contributed by atoms with Gasteiger partial charge in [0.05, 0.1) is 6.61 Å². The molecule has 0 amide bonds. The van der Waals surface area contributed by atoms with Crippen molar-refractivity contribution in [1.82, 2.24) is 0 Å². The van der Waals surface area contributed by atoms with E-state index in [2.05, 4.69) is 148 Å². The molecule has 0 saturated carbocycles. The number of carbonyl (C=O) groups excluding carboxylic acids is 3. The van der Waals surface area contributed by atoms with E-state index in [1.807, 2.05) is 18.2 Å². The zero-order valence-electron chi connectivity index (χ0n) is 50.0. The lowest BCUT2D eigenvalue weighted by Gasteiger charge is -2.40. The Bertz CT molecular complexity index is 1960. The molecule has 0 aromatic heterocycles. The van der Waals surface area contributed by atoms with Crippen LogP contribution in [0.25, 0.3) is 0 Å². The highest BCUT2D eigenvalue weighted by molar-refractivity contribution is 5.74. The van der Waals surface area contributed by atoms with Crippen molar-refractivity contribution >= 4 is 23.9 Å². The summed E-state index contributed by atoms with van der Waals surface area (Å²) in [4.78, 5) is 51.2. The third-order valence-electron chi connectivity index (χ3n) is 12.9. The first kappa shape index (κ1) is 73.6. The first-order valence-electron chi connectivity index (χ1n) is 30.8. The van der Waals surface area contributed by atoms with Crippen molar-refractivity contribution in [3.63, 3.8) is 0 Å². The predicted octanol–water partition coefficient (Wildman–Crippen LogP) is 16.3. The van der Waals surface area contributed by atoms with Gasteiger partial charge in [-0.3, -0.25) is 14.4 Å². The first-order valence-corrected chi connectivity index (χ1v) is 30.8. The molecule has 0 aromatic rings. The molecule has 1 aliphatic heterocycles. The molecule has 0 spiro atoms. The van der Waals surface area contributed by atoms with E-state index in [4.69, 9.17) is 23.7 Å². The minimum atomic E-state index is -1.94. The molecule has 81 heavy (non-hydrogen) atoms. The maximum absolute atomic E-state index is 13.2. The lowest BCUT2D eigenvalue weighted by Crippen LogP contribution is -2.61. The number of carboxylic acid groups (broad SMARTS) is 1. The number of allylic oxidation sites excluding steroid dienone is 24. The van der Waals surface area contributed by atoms with Gasteiger partial charge in [-0.2, -0.15) is 0 Å². The van der Waals surface area contributed by atoms with Crippen LogP contribution in [0.15, 0.2) is 146 Å². The summed E-state index contributed by atoms with van der Waals surface area (Å²) in [5.74, 6) is -3.32. The van der Waals surface area contributed by atoms with Crippen molar-refractivity contribution in [1.29, 1.82) is 0 Å². The van der Waals surface area contributed by atoms with E-state index in [1.165, 1.54) is 32.1 Å². The maximum atomic E-state index is 13.2. The number of aliphatic carboxylic acids is 1. The summed E-state index contributed by atoms with van der Waals surface area (Å²) in [5.41, 5.74) is 0. The minimum absolute atomic E-state index is 0.0788. The third-order valence-corrected chi connectivity index (χ3v) is 12.9. The van der Waals surface area contributed by atoms with E-state index in [-0.39, 0.29) is 25.9 Å². The normalized spacial score (nSPS) is 18.8. The molecule has 3 N–H and O–H groups in total. The van der Waals surface area contributed by atoms with Crippen LogP contribution in [0.4, 0.5) is 0 Å². The Morgan fingerprint density at radius 3 is 1.26 bits per heavy atom. The molecule has 0 aliphatic carbocycles. The highest BCUT2D eigenvalue weighted by atomic mass is 16.7. The molecule has 1 fully saturated rings. The molecular weight excluding hydrogens is 1020 g/mol. The van der Waals surface area contributed by atoms with Crippen LogP contribution >= 0.6 is 0 Å². The predicted molar refractivity (Wildman–Crippen MR) is 330 cm³/mol. The molecule has 0 aromatic carbocycles. The number of carboxylic acids is 1. The second-order valence-corrected chi connectivity index (χ2v) is 20.2. The fourth-order valence-corrected chi connectivity index (χ4v) is 8.24. The zero-order chi connectivity index (χ0) is 58.9. The molecule has 1 saturated heterocycles. The van der Waals surface area contributed by atoms with Gasteiger partial charge in [-0.15, -0.1) is 0 Å². The van der Waals surface area contributed by atoms with Gasteiger partial charge in [0.15, 0.2) is 24.6 Å². The third kappa shape index (κ3) is 44.9. The molecule has 1 heterocycles. The lowest BCUT2D eigenvalue weighted by atomic mass is 9.98. The van der Waals surface area contributed by atoms with Crippen molar-refractivity contribution in [3.8, 4) is 0 Å². The fraction of sp³-hybridized carbons (Fsp3) is 0.594. The highest BCUT2D eigenvalue weighted by Crippen LogP contribution is 2.26. The summed E-state index contributed by atoms with van der Waals surface area (Å²) in [6.07, 6.45) is 66.8. The van der Waals surface area contributed by atoms with E-state index < -0.39 is 67.3 Å². The van der Waals surface area contributed by atoms with E-state index in [0.29, 0.717) is 25.7 Å². The average Bonchev–Trinajstić information content (AvgIpc) is 3.54. The van der Waals surface area contributed by atoms with Gasteiger partial charge in [-0.25, -0.2) is 4.79 Å². The number of hydrogen-bond donors (Lipinski definition) is 3. The molecule has 6 unspecified atom stereocenters. The van der Waals surface area contributed by atoms with E-state index >= 15 is 0 Å². The van der Waals surface area contributed by atoms with Crippen molar-refractivity contribution < 1.29 is 58.2 Å². The van der Waals surface area contributed by atoms with Crippen LogP contribution in [0.2, 0.25) is 0 Å². The quantitative estimate of drug-likeness (QED) is 0.0228. The fourth-order valence-electron chi connectivity index (χ4n) is 8.24. The topological polar surface area (TPSA) is 175 Å². The number of unbranched alkanes of at least 4 members (excludes halogenated alkanes) is 12. The molecular formula is C69H106O12. The molecule has 0 radical (unpaired) electrons. The molecule has 1 aliphatic rings. The minimum Gasteiger partial charge on any atom is -0.479 e. The Balaban J connectivity index is 2.76. The van der Waals surface area contributed by atoms with E-state index in [0.717, 1.165) is 116 Å². The lowest BCUT2D eigenvalue weighted by molar-refractivity contribution is -0.301. The van der Waals surface area contributed by atoms with Gasteiger partial charge >= 0.3 is 23.9 Å². The zero-order valence-corrected chi connectivity index (χ0v) is 50.0. The number of rotatable bonds is 50. The van der Waals surface area contributed by atoms with Gasteiger partial charge in [-0.05, 0) is 128 Å². The van der Waals surface area contributed by atoms with Crippen molar-refractivity contribution in [2.24, 2.45) is 0 Å². The Kier molecular flexibility index (Phi) is 50.1.